The van der Waals surface area contributed by atoms with E-state index in [2.05, 4.69) is 6.07 Å². The summed E-state index contributed by atoms with van der Waals surface area (Å²) in [6.45, 7) is 2.55. The molecule has 1 aliphatic rings. The van der Waals surface area contributed by atoms with Gasteiger partial charge in [0.25, 0.3) is 0 Å². The molecule has 2 rings (SSSR count). The van der Waals surface area contributed by atoms with Crippen molar-refractivity contribution in [3.05, 3.63) is 47.5 Å². The summed E-state index contributed by atoms with van der Waals surface area (Å²) in [7, 11) is 1.67. The van der Waals surface area contributed by atoms with Crippen LogP contribution >= 0.6 is 11.8 Å². The molecule has 0 amide bonds. The Morgan fingerprint density at radius 2 is 2.17 bits per heavy atom. The number of aliphatic carboxylic acids is 1. The summed E-state index contributed by atoms with van der Waals surface area (Å²) in [5.74, 6) is 1.38. The number of Topliss-reactive ketones (excluding diaryl/α,β-unsaturated/α-hetero) is 1. The molecule has 1 aliphatic carbocycles. The van der Waals surface area contributed by atoms with Crippen LogP contribution in [0.5, 0.6) is 0 Å². The van der Waals surface area contributed by atoms with Gasteiger partial charge < -0.3 is 14.9 Å². The van der Waals surface area contributed by atoms with Crippen LogP contribution in [0.15, 0.2) is 36.4 Å². The number of ketones is 1. The second kappa shape index (κ2) is 12.9. The van der Waals surface area contributed by atoms with E-state index in [4.69, 9.17) is 9.84 Å². The monoisotopic (exact) mass is 434 g/mol. The molecular weight excluding hydrogens is 400 g/mol. The van der Waals surface area contributed by atoms with Gasteiger partial charge in [-0.1, -0.05) is 43.3 Å². The maximum Gasteiger partial charge on any atom is 0.303 e. The molecule has 0 heterocycles. The van der Waals surface area contributed by atoms with E-state index in [9.17, 15) is 14.7 Å². The Morgan fingerprint density at radius 1 is 1.37 bits per heavy atom. The highest BCUT2D eigenvalue weighted by atomic mass is 32.2. The molecule has 166 valence electrons. The molecule has 1 aromatic carbocycles. The van der Waals surface area contributed by atoms with Gasteiger partial charge in [-0.2, -0.15) is 11.8 Å². The van der Waals surface area contributed by atoms with E-state index in [0.29, 0.717) is 25.2 Å². The minimum absolute atomic E-state index is 0.0146. The number of carboxylic acids is 1. The number of aliphatic hydroxyl groups excluding tert-OH is 1. The molecule has 0 saturated heterocycles. The predicted molar refractivity (Wildman–Crippen MR) is 121 cm³/mol. The normalized spacial score (nSPS) is 21.2. The van der Waals surface area contributed by atoms with E-state index >= 15 is 0 Å². The van der Waals surface area contributed by atoms with Crippen molar-refractivity contribution in [2.45, 2.75) is 57.7 Å². The van der Waals surface area contributed by atoms with Gasteiger partial charge in [0.05, 0.1) is 12.7 Å². The summed E-state index contributed by atoms with van der Waals surface area (Å²) in [4.78, 5) is 22.8. The number of hydrogen-bond acceptors (Lipinski definition) is 5. The number of allylic oxidation sites excluding steroid dienone is 1. The summed E-state index contributed by atoms with van der Waals surface area (Å²) in [5.41, 5.74) is 2.15. The van der Waals surface area contributed by atoms with E-state index in [1.165, 1.54) is 0 Å². The van der Waals surface area contributed by atoms with Crippen molar-refractivity contribution in [2.24, 2.45) is 11.8 Å². The maximum atomic E-state index is 12.3. The maximum absolute atomic E-state index is 12.3. The topological polar surface area (TPSA) is 83.8 Å². The predicted octanol–water partition coefficient (Wildman–Crippen LogP) is 4.44. The lowest BCUT2D eigenvalue weighted by Crippen LogP contribution is -2.17. The molecule has 0 spiro atoms. The quantitative estimate of drug-likeness (QED) is 0.353. The molecule has 6 heteroatoms. The molecule has 5 nitrogen and oxygen atoms in total. The van der Waals surface area contributed by atoms with Gasteiger partial charge in [0, 0.05) is 31.8 Å². The van der Waals surface area contributed by atoms with Gasteiger partial charge in [0.1, 0.15) is 5.78 Å². The largest absolute Gasteiger partial charge is 0.481 e. The van der Waals surface area contributed by atoms with Gasteiger partial charge in [-0.05, 0) is 47.8 Å². The number of carboxylic acid groups (broad SMARTS) is 1. The molecule has 0 aromatic heterocycles. The Morgan fingerprint density at radius 3 is 2.90 bits per heavy atom. The molecular formula is C24H34O5S. The second-order valence-corrected chi connectivity index (χ2v) is 9.24. The molecule has 0 radical (unpaired) electrons. The second-order valence-electron chi connectivity index (χ2n) is 8.02. The first-order valence-corrected chi connectivity index (χ1v) is 11.8. The summed E-state index contributed by atoms with van der Waals surface area (Å²) in [5, 5.41) is 19.3. The van der Waals surface area contributed by atoms with Crippen LogP contribution in [0.2, 0.25) is 0 Å². The SMILES string of the molecule is COCc1cccc(C(C)[C@H](O)/C=C/[C@H]2CCC(=O)[C@@H]2CCSCCCC(=O)O)c1. The van der Waals surface area contributed by atoms with Gasteiger partial charge in [-0.25, -0.2) is 0 Å². The molecule has 30 heavy (non-hydrogen) atoms. The van der Waals surface area contributed by atoms with Crippen molar-refractivity contribution in [1.29, 1.82) is 0 Å². The van der Waals surface area contributed by atoms with Gasteiger partial charge in [-0.3, -0.25) is 9.59 Å². The highest BCUT2D eigenvalue weighted by Gasteiger charge is 2.32. The lowest BCUT2D eigenvalue weighted by Gasteiger charge is -2.19. The number of methoxy groups -OCH3 is 1. The zero-order valence-corrected chi connectivity index (χ0v) is 18.8. The number of thioether (sulfide) groups is 1. The number of rotatable bonds is 13. The Labute approximate surface area is 183 Å². The highest BCUT2D eigenvalue weighted by molar-refractivity contribution is 7.99. The van der Waals surface area contributed by atoms with E-state index in [-0.39, 0.29) is 24.2 Å². The summed E-state index contributed by atoms with van der Waals surface area (Å²) < 4.78 is 5.19. The average molecular weight is 435 g/mol. The third kappa shape index (κ3) is 7.89. The van der Waals surface area contributed by atoms with E-state index in [1.54, 1.807) is 18.9 Å². The van der Waals surface area contributed by atoms with Gasteiger partial charge in [0.15, 0.2) is 0 Å². The van der Waals surface area contributed by atoms with Crippen LogP contribution in [-0.4, -0.2) is 46.7 Å². The first-order chi connectivity index (χ1) is 14.4. The number of carbonyl (C=O) groups is 2. The van der Waals surface area contributed by atoms with Crippen LogP contribution in [-0.2, 0) is 20.9 Å². The molecule has 1 fully saturated rings. The van der Waals surface area contributed by atoms with Crippen molar-refractivity contribution in [3.8, 4) is 0 Å². The average Bonchev–Trinajstić information content (AvgIpc) is 3.08. The smallest absolute Gasteiger partial charge is 0.303 e. The Balaban J connectivity index is 1.85. The lowest BCUT2D eigenvalue weighted by molar-refractivity contribution is -0.137. The molecule has 4 atom stereocenters. The Bertz CT molecular complexity index is 717. The van der Waals surface area contributed by atoms with E-state index < -0.39 is 12.1 Å². The van der Waals surface area contributed by atoms with Crippen molar-refractivity contribution < 1.29 is 24.5 Å². The fourth-order valence-electron chi connectivity index (χ4n) is 3.93. The zero-order valence-electron chi connectivity index (χ0n) is 18.0. The third-order valence-electron chi connectivity index (χ3n) is 5.76. The molecule has 1 unspecified atom stereocenters. The van der Waals surface area contributed by atoms with E-state index in [1.807, 2.05) is 37.3 Å². The molecule has 0 aliphatic heterocycles. The third-order valence-corrected chi connectivity index (χ3v) is 6.86. The summed E-state index contributed by atoms with van der Waals surface area (Å²) >= 11 is 1.72. The van der Waals surface area contributed by atoms with Crippen LogP contribution in [0.25, 0.3) is 0 Å². The van der Waals surface area contributed by atoms with Crippen molar-refractivity contribution in [1.82, 2.24) is 0 Å². The van der Waals surface area contributed by atoms with Gasteiger partial charge in [-0.15, -0.1) is 0 Å². The summed E-state index contributed by atoms with van der Waals surface area (Å²) in [6.07, 6.45) is 6.40. The molecule has 1 aromatic rings. The first-order valence-electron chi connectivity index (χ1n) is 10.7. The lowest BCUT2D eigenvalue weighted by atomic mass is 9.89. The van der Waals surface area contributed by atoms with Crippen molar-refractivity contribution >= 4 is 23.5 Å². The molecule has 2 N–H and O–H groups in total. The number of ether oxygens (including phenoxy) is 1. The van der Waals surface area contributed by atoms with Crippen molar-refractivity contribution in [3.63, 3.8) is 0 Å². The van der Waals surface area contributed by atoms with Crippen LogP contribution in [0, 0.1) is 11.8 Å². The van der Waals surface area contributed by atoms with Crippen LogP contribution in [0.1, 0.15) is 56.1 Å². The number of hydrogen-bond donors (Lipinski definition) is 2. The summed E-state index contributed by atoms with van der Waals surface area (Å²) in [6, 6.07) is 8.08. The van der Waals surface area contributed by atoms with Crippen LogP contribution in [0.3, 0.4) is 0 Å². The fourth-order valence-corrected chi connectivity index (χ4v) is 4.90. The van der Waals surface area contributed by atoms with Crippen LogP contribution in [0.4, 0.5) is 0 Å². The van der Waals surface area contributed by atoms with Crippen molar-refractivity contribution in [2.75, 3.05) is 18.6 Å². The number of benzene rings is 1. The highest BCUT2D eigenvalue weighted by Crippen LogP contribution is 2.34. The number of carbonyl (C=O) groups excluding carboxylic acids is 1. The zero-order chi connectivity index (χ0) is 21.9. The number of aliphatic hydroxyl groups is 1. The molecule has 0 bridgehead atoms. The van der Waals surface area contributed by atoms with E-state index in [0.717, 1.165) is 35.5 Å². The first kappa shape index (κ1) is 24.6. The van der Waals surface area contributed by atoms with Crippen LogP contribution < -0.4 is 0 Å². The standard InChI is InChI=1S/C24H34O5S/c1-17(20-6-3-5-18(15-20)16-29-2)22(25)10-8-19-9-11-23(26)21(19)12-14-30-13-4-7-24(27)28/h3,5-6,8,10,15,17,19,21-22,25H,4,7,9,11-14,16H2,1-2H3,(H,27,28)/b10-8+/t17?,19-,21+,22+/m0/s1. The minimum atomic E-state index is -0.759. The Hall–Kier alpha value is -1.63. The Kier molecular flexibility index (Phi) is 10.6. The van der Waals surface area contributed by atoms with Gasteiger partial charge >= 0.3 is 5.97 Å². The minimum Gasteiger partial charge on any atom is -0.481 e. The molecule has 1 saturated carbocycles. The van der Waals surface area contributed by atoms with Gasteiger partial charge in [0.2, 0.25) is 0 Å². The fraction of sp³-hybridized carbons (Fsp3) is 0.583.